The van der Waals surface area contributed by atoms with E-state index >= 15 is 0 Å². The molecule has 144 valence electrons. The Labute approximate surface area is 158 Å². The molecule has 0 bridgehead atoms. The predicted molar refractivity (Wildman–Crippen MR) is 99.1 cm³/mol. The largest absolute Gasteiger partial charge is 0.355 e. The number of carbonyl (C=O) groups excluding carboxylic acids is 3. The van der Waals surface area contributed by atoms with Gasteiger partial charge in [-0.2, -0.15) is 0 Å². The van der Waals surface area contributed by atoms with Crippen molar-refractivity contribution in [3.63, 3.8) is 0 Å². The Kier molecular flexibility index (Phi) is 7.10. The summed E-state index contributed by atoms with van der Waals surface area (Å²) < 4.78 is 26.4. The summed E-state index contributed by atoms with van der Waals surface area (Å²) in [7, 11) is -2.18. The number of hydrogen-bond donors (Lipinski definition) is 2. The number of carbonyl (C=O) groups is 3. The topological polar surface area (TPSA) is 113 Å². The maximum atomic E-state index is 12.0. The Morgan fingerprint density at radius 1 is 1.19 bits per heavy atom. The number of imide groups is 1. The highest BCUT2D eigenvalue weighted by Crippen LogP contribution is 2.12. The summed E-state index contributed by atoms with van der Waals surface area (Å²) in [6.07, 6.45) is 1.02. The lowest BCUT2D eigenvalue weighted by Gasteiger charge is -2.24. The van der Waals surface area contributed by atoms with E-state index in [1.807, 2.05) is 0 Å². The molecule has 0 aliphatic carbocycles. The van der Waals surface area contributed by atoms with Crippen LogP contribution in [0.25, 0.3) is 0 Å². The maximum absolute atomic E-state index is 12.0. The molecule has 0 atom stereocenters. The molecule has 0 unspecified atom stereocenters. The second kappa shape index (κ2) is 9.30. The number of nitrogens with zero attached hydrogens (tertiary/aromatic N) is 1. The van der Waals surface area contributed by atoms with Gasteiger partial charge < -0.3 is 5.32 Å². The fourth-order valence-corrected chi connectivity index (χ4v) is 3.40. The van der Waals surface area contributed by atoms with Crippen LogP contribution in [0.1, 0.15) is 35.2 Å². The van der Waals surface area contributed by atoms with Crippen LogP contribution in [0.15, 0.2) is 24.3 Å². The molecule has 0 aromatic heterocycles. The van der Waals surface area contributed by atoms with E-state index in [0.717, 1.165) is 4.90 Å². The second-order valence-corrected chi connectivity index (χ2v) is 7.79. The monoisotopic (exact) mass is 391 g/mol. The van der Waals surface area contributed by atoms with E-state index in [2.05, 4.69) is 21.9 Å². The summed E-state index contributed by atoms with van der Waals surface area (Å²) in [4.78, 5) is 36.1. The molecule has 0 spiro atoms. The molecule has 2 rings (SSSR count). The molecule has 27 heavy (non-hydrogen) atoms. The average Bonchev–Trinajstić information content (AvgIpc) is 2.64. The van der Waals surface area contributed by atoms with Gasteiger partial charge in [-0.25, -0.2) is 13.1 Å². The molecule has 9 heteroatoms. The highest BCUT2D eigenvalue weighted by molar-refractivity contribution is 7.89. The number of amides is 3. The lowest BCUT2D eigenvalue weighted by atomic mass is 10.1. The first kappa shape index (κ1) is 20.6. The number of hydrogen-bond acceptors (Lipinski definition) is 5. The first-order valence-corrected chi connectivity index (χ1v) is 10.1. The van der Waals surface area contributed by atoms with Crippen LogP contribution in [0.4, 0.5) is 0 Å². The molecule has 1 aliphatic rings. The summed E-state index contributed by atoms with van der Waals surface area (Å²) in [5.41, 5.74) is 0.887. The zero-order chi connectivity index (χ0) is 19.9. The van der Waals surface area contributed by atoms with E-state index in [4.69, 9.17) is 0 Å². The molecule has 8 nitrogen and oxygen atoms in total. The minimum absolute atomic E-state index is 0.147. The summed E-state index contributed by atoms with van der Waals surface area (Å²) >= 11 is 0. The second-order valence-electron chi connectivity index (χ2n) is 5.86. The molecule has 1 aromatic carbocycles. The standard InChI is InChI=1S/C18H21N3O5S/c1-19-18(24)15-8-3-2-6-14(15)7-5-11-20-27(25,26)13-12-21-16(22)9-4-10-17(21)23/h2-3,6,8,20H,4,9-13H2,1H3,(H,19,24). The van der Waals surface area contributed by atoms with Crippen LogP contribution in [0.3, 0.4) is 0 Å². The first-order chi connectivity index (χ1) is 12.8. The molecular formula is C18H21N3O5S. The van der Waals surface area contributed by atoms with Crippen molar-refractivity contribution in [1.82, 2.24) is 14.9 Å². The average molecular weight is 391 g/mol. The Morgan fingerprint density at radius 3 is 2.52 bits per heavy atom. The molecule has 0 saturated carbocycles. The smallest absolute Gasteiger partial charge is 0.252 e. The molecular weight excluding hydrogens is 370 g/mol. The summed E-state index contributed by atoms with van der Waals surface area (Å²) in [5.74, 6) is 4.09. The van der Waals surface area contributed by atoms with Crippen molar-refractivity contribution in [2.75, 3.05) is 25.9 Å². The zero-order valence-corrected chi connectivity index (χ0v) is 15.8. The fraction of sp³-hybridized carbons (Fsp3) is 0.389. The van der Waals surface area contributed by atoms with E-state index in [1.54, 1.807) is 24.3 Å². The predicted octanol–water partition coefficient (Wildman–Crippen LogP) is -0.144. The van der Waals surface area contributed by atoms with Gasteiger partial charge >= 0.3 is 0 Å². The quantitative estimate of drug-likeness (QED) is 0.518. The molecule has 3 amide bonds. The molecule has 1 aliphatic heterocycles. The van der Waals surface area contributed by atoms with Gasteiger partial charge in [0.15, 0.2) is 0 Å². The third kappa shape index (κ3) is 5.91. The van der Waals surface area contributed by atoms with E-state index in [0.29, 0.717) is 17.5 Å². The van der Waals surface area contributed by atoms with Crippen LogP contribution in [0.2, 0.25) is 0 Å². The number of likely N-dealkylation sites (tertiary alicyclic amines) is 1. The Balaban J connectivity index is 1.92. The number of nitrogens with one attached hydrogen (secondary N) is 2. The van der Waals surface area contributed by atoms with Gasteiger partial charge in [0, 0.05) is 32.0 Å². The van der Waals surface area contributed by atoms with Gasteiger partial charge in [0.1, 0.15) is 0 Å². The van der Waals surface area contributed by atoms with E-state index in [9.17, 15) is 22.8 Å². The third-order valence-electron chi connectivity index (χ3n) is 3.97. The Bertz CT molecular complexity index is 883. The van der Waals surface area contributed by atoms with Crippen molar-refractivity contribution in [1.29, 1.82) is 0 Å². The number of benzene rings is 1. The van der Waals surface area contributed by atoms with Gasteiger partial charge in [-0.1, -0.05) is 24.0 Å². The van der Waals surface area contributed by atoms with Crippen molar-refractivity contribution in [2.24, 2.45) is 0 Å². The van der Waals surface area contributed by atoms with E-state index in [-0.39, 0.29) is 49.4 Å². The summed E-state index contributed by atoms with van der Waals surface area (Å²) in [6, 6.07) is 6.73. The molecule has 2 N–H and O–H groups in total. The van der Waals surface area contributed by atoms with Crippen molar-refractivity contribution < 1.29 is 22.8 Å². The maximum Gasteiger partial charge on any atom is 0.252 e. The zero-order valence-electron chi connectivity index (χ0n) is 14.9. The normalized spacial score (nSPS) is 14.5. The van der Waals surface area contributed by atoms with Crippen LogP contribution in [0.5, 0.6) is 0 Å². The van der Waals surface area contributed by atoms with Crippen molar-refractivity contribution in [2.45, 2.75) is 19.3 Å². The lowest BCUT2D eigenvalue weighted by molar-refractivity contribution is -0.147. The van der Waals surface area contributed by atoms with Crippen LogP contribution < -0.4 is 10.0 Å². The van der Waals surface area contributed by atoms with Crippen LogP contribution in [-0.4, -0.2) is 56.9 Å². The number of piperidine rings is 1. The summed E-state index contributed by atoms with van der Waals surface area (Å²) in [5, 5.41) is 2.51. The minimum atomic E-state index is -3.69. The molecule has 1 fully saturated rings. The highest BCUT2D eigenvalue weighted by Gasteiger charge is 2.26. The van der Waals surface area contributed by atoms with E-state index in [1.165, 1.54) is 7.05 Å². The van der Waals surface area contributed by atoms with Gasteiger partial charge in [0.2, 0.25) is 21.8 Å². The highest BCUT2D eigenvalue weighted by atomic mass is 32.2. The lowest BCUT2D eigenvalue weighted by Crippen LogP contribution is -2.44. The van der Waals surface area contributed by atoms with Gasteiger partial charge in [-0.3, -0.25) is 19.3 Å². The van der Waals surface area contributed by atoms with Crippen LogP contribution in [-0.2, 0) is 19.6 Å². The van der Waals surface area contributed by atoms with Crippen molar-refractivity contribution in [3.05, 3.63) is 35.4 Å². The van der Waals surface area contributed by atoms with Crippen LogP contribution >= 0.6 is 0 Å². The fourth-order valence-electron chi connectivity index (χ4n) is 2.54. The van der Waals surface area contributed by atoms with Crippen molar-refractivity contribution in [3.8, 4) is 11.8 Å². The number of rotatable bonds is 6. The van der Waals surface area contributed by atoms with Gasteiger partial charge in [-0.05, 0) is 18.6 Å². The van der Waals surface area contributed by atoms with Crippen molar-refractivity contribution >= 4 is 27.7 Å². The molecule has 1 aromatic rings. The van der Waals surface area contributed by atoms with Gasteiger partial charge in [0.05, 0.1) is 17.9 Å². The Morgan fingerprint density at radius 2 is 1.85 bits per heavy atom. The minimum Gasteiger partial charge on any atom is -0.355 e. The number of sulfonamides is 1. The summed E-state index contributed by atoms with van der Waals surface area (Å²) in [6.45, 7) is -0.313. The van der Waals surface area contributed by atoms with Crippen LogP contribution in [0, 0.1) is 11.8 Å². The molecule has 1 heterocycles. The molecule has 1 saturated heterocycles. The van der Waals surface area contributed by atoms with Gasteiger partial charge in [-0.15, -0.1) is 0 Å². The van der Waals surface area contributed by atoms with Gasteiger partial charge in [0.25, 0.3) is 5.91 Å². The SMILES string of the molecule is CNC(=O)c1ccccc1C#CCNS(=O)(=O)CCN1C(=O)CCCC1=O. The Hall–Kier alpha value is -2.70. The third-order valence-corrected chi connectivity index (χ3v) is 5.27. The van der Waals surface area contributed by atoms with E-state index < -0.39 is 10.0 Å². The molecule has 0 radical (unpaired) electrons. The first-order valence-electron chi connectivity index (χ1n) is 8.44.